The van der Waals surface area contributed by atoms with Crippen molar-refractivity contribution in [3.8, 4) is 68.3 Å². The minimum absolute atomic E-state index is 0.173. The van der Waals surface area contributed by atoms with Crippen molar-refractivity contribution in [1.82, 2.24) is 59.8 Å². The molecule has 2 N–H and O–H groups in total. The van der Waals surface area contributed by atoms with Crippen LogP contribution in [0.5, 0.6) is 0 Å². The molecule has 15 rings (SSSR count). The highest BCUT2D eigenvalue weighted by atomic mass is 15.0. The molecule has 3 aliphatic carbocycles. The molecule has 6 aromatic carbocycles. The zero-order valence-corrected chi connectivity index (χ0v) is 81.7. The van der Waals surface area contributed by atoms with Gasteiger partial charge in [-0.25, -0.2) is 59.8 Å². The van der Waals surface area contributed by atoms with Crippen molar-refractivity contribution >= 4 is 5.82 Å². The third kappa shape index (κ3) is 24.0. The molecule has 0 radical (unpaired) electrons. The van der Waals surface area contributed by atoms with Crippen molar-refractivity contribution in [2.24, 2.45) is 0 Å². The van der Waals surface area contributed by atoms with E-state index >= 15 is 0 Å². The van der Waals surface area contributed by atoms with Crippen LogP contribution in [0.2, 0.25) is 0 Å². The lowest BCUT2D eigenvalue weighted by Crippen LogP contribution is -2.10. The van der Waals surface area contributed by atoms with Gasteiger partial charge in [-0.2, -0.15) is 0 Å². The van der Waals surface area contributed by atoms with Crippen molar-refractivity contribution in [1.29, 1.82) is 0 Å². The second-order valence-corrected chi connectivity index (χ2v) is 41.1. The van der Waals surface area contributed by atoms with E-state index in [1.165, 1.54) is 99.7 Å². The van der Waals surface area contributed by atoms with E-state index in [1.54, 1.807) is 0 Å². The summed E-state index contributed by atoms with van der Waals surface area (Å²) in [7, 11) is 0. The Balaban J connectivity index is 0.000000156. The van der Waals surface area contributed by atoms with Gasteiger partial charge in [-0.3, -0.25) is 0 Å². The van der Waals surface area contributed by atoms with Crippen molar-refractivity contribution in [3.05, 3.63) is 276 Å². The predicted octanol–water partition coefficient (Wildman–Crippen LogP) is 29.0. The Bertz CT molecular complexity index is 4970. The van der Waals surface area contributed by atoms with Crippen LogP contribution >= 0.6 is 0 Å². The maximum Gasteiger partial charge on any atom is 0.161 e. The van der Waals surface area contributed by atoms with Gasteiger partial charge in [0.05, 0.1) is 0 Å². The van der Waals surface area contributed by atoms with E-state index < -0.39 is 0 Å². The molecule has 0 amide bonds. The first kappa shape index (κ1) is 95.8. The van der Waals surface area contributed by atoms with Gasteiger partial charge in [0, 0.05) is 103 Å². The molecular formula is C111H145N13. The van der Waals surface area contributed by atoms with Crippen LogP contribution < -0.4 is 5.73 Å². The molecule has 13 heteroatoms. The molecule has 3 fully saturated rings. The normalized spacial score (nSPS) is 14.2. The van der Waals surface area contributed by atoms with Gasteiger partial charge in [-0.05, 0) is 230 Å². The van der Waals surface area contributed by atoms with Crippen LogP contribution in [0.3, 0.4) is 0 Å². The number of nitrogen functional groups attached to an aromatic ring is 1. The molecule has 0 atom stereocenters. The number of anilines is 1. The fourth-order valence-electron chi connectivity index (χ4n) is 16.7. The van der Waals surface area contributed by atoms with E-state index in [2.05, 4.69) is 397 Å². The lowest BCUT2D eigenvalue weighted by molar-refractivity contribution is 0.590. The molecule has 12 aromatic rings. The standard InChI is InChI=1S/C19H24N2.2C19H26N2.C18H23N3.C18H22N2.C18H24N2/c1-12(2)17-13(3)20-18(21-14(17)4)15-6-8-16(9-7-15)19(5)10-11-19;2*1-12(2)17-13(3)20-18(21-14(17)4)15-8-10-16(11-9-15)19(5,6)7;1-11(2)15-12(3)20-17(21-16(15)19)13-5-7-14(8-6-13)18(4)9-10-18;1-12(2)16-11-19-17(20-13(16)3)14-5-7-15(8-6-14)18(4)9-10-18;1-12(2)16-11-19-17(20-13(16)3)14-7-9-15(10-8-14)18(4,5)6/h6-9,12H,10-11H2,1-5H3;2*8-12H,1-7H3;5-8,11H,9-10H2,1-4H3,(H2,19,20,21);5-8,11-12H,9-10H2,1-4H3;7-12H,1-6H3. The number of benzene rings is 6. The molecule has 0 saturated heterocycles. The van der Waals surface area contributed by atoms with Gasteiger partial charge < -0.3 is 5.73 Å². The van der Waals surface area contributed by atoms with Crippen molar-refractivity contribution in [2.45, 2.75) is 335 Å². The first-order chi connectivity index (χ1) is 58.0. The Morgan fingerprint density at radius 1 is 0.242 bits per heavy atom. The van der Waals surface area contributed by atoms with Crippen LogP contribution in [0, 0.1) is 62.3 Å². The monoisotopic (exact) mass is 1660 g/mol. The van der Waals surface area contributed by atoms with Crippen molar-refractivity contribution in [2.75, 3.05) is 5.73 Å². The minimum atomic E-state index is 0.173. The number of aryl methyl sites for hydroxylation is 9. The summed E-state index contributed by atoms with van der Waals surface area (Å²) in [5, 5.41) is 0. The second kappa shape index (κ2) is 39.0. The van der Waals surface area contributed by atoms with Gasteiger partial charge in [0.2, 0.25) is 0 Å². The van der Waals surface area contributed by atoms with Crippen LogP contribution in [0.1, 0.15) is 358 Å². The molecule has 6 heterocycles. The van der Waals surface area contributed by atoms with Crippen molar-refractivity contribution < 1.29 is 0 Å². The molecule has 0 bridgehead atoms. The average molecular weight is 1660 g/mol. The van der Waals surface area contributed by atoms with Gasteiger partial charge in [-0.15, -0.1) is 0 Å². The maximum atomic E-state index is 6.12. The van der Waals surface area contributed by atoms with Crippen LogP contribution in [-0.2, 0) is 32.5 Å². The van der Waals surface area contributed by atoms with Crippen LogP contribution in [0.25, 0.3) is 68.3 Å². The van der Waals surface area contributed by atoms with Crippen LogP contribution in [-0.4, -0.2) is 59.8 Å². The summed E-state index contributed by atoms with van der Waals surface area (Å²) in [4.78, 5) is 55.8. The summed E-state index contributed by atoms with van der Waals surface area (Å²) >= 11 is 0. The highest BCUT2D eigenvalue weighted by molar-refractivity contribution is 5.64. The lowest BCUT2D eigenvalue weighted by Gasteiger charge is -2.19. The number of aromatic nitrogens is 12. The van der Waals surface area contributed by atoms with Gasteiger partial charge in [0.15, 0.2) is 34.9 Å². The quantitative estimate of drug-likeness (QED) is 0.102. The van der Waals surface area contributed by atoms with Gasteiger partial charge >= 0.3 is 0 Å². The van der Waals surface area contributed by atoms with E-state index in [0.29, 0.717) is 57.6 Å². The predicted molar refractivity (Wildman–Crippen MR) is 522 cm³/mol. The molecule has 13 nitrogen and oxygen atoms in total. The Hall–Kier alpha value is -10.4. The van der Waals surface area contributed by atoms with E-state index in [1.807, 2.05) is 19.3 Å². The fourth-order valence-corrected chi connectivity index (χ4v) is 16.7. The Morgan fingerprint density at radius 3 is 0.605 bits per heavy atom. The Labute approximate surface area is 746 Å². The molecule has 3 aliphatic rings. The molecule has 3 saturated carbocycles. The van der Waals surface area contributed by atoms with E-state index in [0.717, 1.165) is 125 Å². The maximum absolute atomic E-state index is 6.12. The summed E-state index contributed by atoms with van der Waals surface area (Å²) < 4.78 is 0. The number of hydrogen-bond donors (Lipinski definition) is 1. The van der Waals surface area contributed by atoms with Gasteiger partial charge in [-0.1, -0.05) is 312 Å². The zero-order chi connectivity index (χ0) is 91.2. The minimum Gasteiger partial charge on any atom is -0.383 e. The third-order valence-corrected chi connectivity index (χ3v) is 25.3. The van der Waals surface area contributed by atoms with Gasteiger partial charge in [0.25, 0.3) is 0 Å². The lowest BCUT2D eigenvalue weighted by atomic mass is 9.86. The largest absolute Gasteiger partial charge is 0.383 e. The number of rotatable bonds is 15. The van der Waals surface area contributed by atoms with E-state index in [9.17, 15) is 0 Å². The summed E-state index contributed by atoms with van der Waals surface area (Å²) in [5.41, 5.74) is 39.7. The summed E-state index contributed by atoms with van der Waals surface area (Å²) in [6.45, 7) is 71.7. The SMILES string of the molecule is Cc1nc(-c2ccc(C(C)(C)C)cc2)nc(C)c1C(C)C.Cc1nc(-c2ccc(C(C)(C)C)cc2)nc(C)c1C(C)C.Cc1nc(-c2ccc(C(C)(C)C)cc2)ncc1C(C)C.Cc1nc(-c2ccc(C3(C)CC3)cc2)nc(C)c1C(C)C.Cc1nc(-c2ccc(C3(C)CC3)cc2)nc(N)c1C(C)C.Cc1nc(-c2ccc(C3(C)CC3)cc2)ncc1C(C)C. The van der Waals surface area contributed by atoms with Crippen LogP contribution in [0.15, 0.2) is 158 Å². The van der Waals surface area contributed by atoms with E-state index in [-0.39, 0.29) is 16.2 Å². The van der Waals surface area contributed by atoms with Crippen molar-refractivity contribution in [3.63, 3.8) is 0 Å². The smallest absolute Gasteiger partial charge is 0.161 e. The molecule has 0 unspecified atom stereocenters. The first-order valence-corrected chi connectivity index (χ1v) is 45.5. The third-order valence-electron chi connectivity index (χ3n) is 25.3. The van der Waals surface area contributed by atoms with Gasteiger partial charge in [0.1, 0.15) is 5.82 Å². The average Bonchev–Trinajstić information content (AvgIpc) is 1.60. The highest BCUT2D eigenvalue weighted by Crippen LogP contribution is 2.50. The summed E-state index contributed by atoms with van der Waals surface area (Å²) in [6.07, 6.45) is 11.7. The Kier molecular flexibility index (Phi) is 30.1. The zero-order valence-electron chi connectivity index (χ0n) is 81.7. The van der Waals surface area contributed by atoms with E-state index in [4.69, 9.17) is 35.6 Å². The number of nitrogens with two attached hydrogens (primary N) is 1. The number of hydrogen-bond acceptors (Lipinski definition) is 13. The fraction of sp³-hybridized carbons (Fsp3) is 0.459. The molecule has 124 heavy (non-hydrogen) atoms. The highest BCUT2D eigenvalue weighted by Gasteiger charge is 2.41. The molecule has 0 spiro atoms. The topological polar surface area (TPSA) is 181 Å². The second-order valence-electron chi connectivity index (χ2n) is 41.1. The van der Waals surface area contributed by atoms with Crippen LogP contribution in [0.4, 0.5) is 5.82 Å². The first-order valence-electron chi connectivity index (χ1n) is 45.5. The molecule has 654 valence electrons. The molecule has 0 aliphatic heterocycles. The molecular weight excluding hydrogens is 1520 g/mol. The molecule has 6 aromatic heterocycles. The summed E-state index contributed by atoms with van der Waals surface area (Å²) in [6, 6.07) is 52.0. The summed E-state index contributed by atoms with van der Waals surface area (Å²) in [5.74, 6) is 8.15. The number of nitrogens with zero attached hydrogens (tertiary/aromatic N) is 12. The Morgan fingerprint density at radius 2 is 0.427 bits per heavy atom.